The van der Waals surface area contributed by atoms with Crippen LogP contribution in [0.5, 0.6) is 0 Å². The third kappa shape index (κ3) is 2.13. The monoisotopic (exact) mass is 195 g/mol. The first-order valence-corrected chi connectivity index (χ1v) is 4.81. The summed E-state index contributed by atoms with van der Waals surface area (Å²) in [6.07, 6.45) is 0.772. The SMILES string of the molecule is CCC(N)=NC(C)c1c(C)noc1C. The van der Waals surface area contributed by atoms with E-state index >= 15 is 0 Å². The van der Waals surface area contributed by atoms with Crippen molar-refractivity contribution in [2.75, 3.05) is 0 Å². The standard InChI is InChI=1S/C10H17N3O/c1-5-9(11)12-6(2)10-7(3)13-14-8(10)4/h6H,5H2,1-4H3,(H2,11,12). The van der Waals surface area contributed by atoms with Crippen molar-refractivity contribution >= 4 is 5.84 Å². The first-order chi connectivity index (χ1) is 6.56. The largest absolute Gasteiger partial charge is 0.387 e. The summed E-state index contributed by atoms with van der Waals surface area (Å²) in [7, 11) is 0. The number of aryl methyl sites for hydroxylation is 2. The van der Waals surface area contributed by atoms with Crippen LogP contribution in [0.2, 0.25) is 0 Å². The van der Waals surface area contributed by atoms with Gasteiger partial charge in [-0.15, -0.1) is 0 Å². The average Bonchev–Trinajstić information content (AvgIpc) is 2.46. The van der Waals surface area contributed by atoms with Crippen molar-refractivity contribution in [3.8, 4) is 0 Å². The van der Waals surface area contributed by atoms with Crippen molar-refractivity contribution in [3.05, 3.63) is 17.0 Å². The minimum Gasteiger partial charge on any atom is -0.387 e. The minimum atomic E-state index is 0.0289. The Labute approximate surface area is 84.2 Å². The Balaban J connectivity index is 2.94. The molecule has 4 heteroatoms. The quantitative estimate of drug-likeness (QED) is 0.593. The van der Waals surface area contributed by atoms with Gasteiger partial charge in [0, 0.05) is 12.0 Å². The number of amidine groups is 1. The number of rotatable bonds is 3. The van der Waals surface area contributed by atoms with Crippen LogP contribution in [-0.4, -0.2) is 11.0 Å². The molecule has 0 aromatic carbocycles. The third-order valence-electron chi connectivity index (χ3n) is 2.23. The number of hydrogen-bond donors (Lipinski definition) is 1. The first kappa shape index (κ1) is 10.8. The van der Waals surface area contributed by atoms with Gasteiger partial charge >= 0.3 is 0 Å². The second kappa shape index (κ2) is 4.26. The zero-order chi connectivity index (χ0) is 10.7. The summed E-state index contributed by atoms with van der Waals surface area (Å²) in [6.45, 7) is 7.79. The van der Waals surface area contributed by atoms with E-state index < -0.39 is 0 Å². The van der Waals surface area contributed by atoms with Crippen LogP contribution >= 0.6 is 0 Å². The molecule has 0 bridgehead atoms. The highest BCUT2D eigenvalue weighted by atomic mass is 16.5. The predicted octanol–water partition coefficient (Wildman–Crippen LogP) is 2.12. The molecule has 0 aliphatic heterocycles. The lowest BCUT2D eigenvalue weighted by Gasteiger charge is -2.06. The highest BCUT2D eigenvalue weighted by Crippen LogP contribution is 2.23. The number of nitrogens with two attached hydrogens (primary N) is 1. The number of hydrogen-bond acceptors (Lipinski definition) is 3. The molecule has 4 nitrogen and oxygen atoms in total. The molecule has 0 saturated heterocycles. The van der Waals surface area contributed by atoms with Crippen molar-refractivity contribution < 1.29 is 4.52 Å². The van der Waals surface area contributed by atoms with Crippen molar-refractivity contribution in [2.24, 2.45) is 10.7 Å². The summed E-state index contributed by atoms with van der Waals surface area (Å²) < 4.78 is 5.07. The van der Waals surface area contributed by atoms with Crippen LogP contribution < -0.4 is 5.73 Å². The Bertz CT molecular complexity index is 322. The molecule has 0 radical (unpaired) electrons. The van der Waals surface area contributed by atoms with Crippen molar-refractivity contribution in [2.45, 2.75) is 40.2 Å². The molecule has 1 heterocycles. The maximum Gasteiger partial charge on any atom is 0.139 e. The molecule has 0 spiro atoms. The van der Waals surface area contributed by atoms with Crippen LogP contribution in [0.3, 0.4) is 0 Å². The highest BCUT2D eigenvalue weighted by Gasteiger charge is 2.15. The second-order valence-electron chi connectivity index (χ2n) is 3.39. The molecular formula is C10H17N3O. The maximum absolute atomic E-state index is 5.68. The van der Waals surface area contributed by atoms with E-state index in [2.05, 4.69) is 10.1 Å². The van der Waals surface area contributed by atoms with Gasteiger partial charge in [0.05, 0.1) is 17.6 Å². The van der Waals surface area contributed by atoms with E-state index in [0.29, 0.717) is 5.84 Å². The van der Waals surface area contributed by atoms with Gasteiger partial charge in [0.1, 0.15) is 5.76 Å². The van der Waals surface area contributed by atoms with Crippen molar-refractivity contribution in [3.63, 3.8) is 0 Å². The predicted molar refractivity (Wildman–Crippen MR) is 56.3 cm³/mol. The third-order valence-corrected chi connectivity index (χ3v) is 2.23. The number of nitrogens with zero attached hydrogens (tertiary/aromatic N) is 2. The lowest BCUT2D eigenvalue weighted by atomic mass is 10.1. The maximum atomic E-state index is 5.68. The van der Waals surface area contributed by atoms with E-state index in [9.17, 15) is 0 Å². The van der Waals surface area contributed by atoms with Crippen LogP contribution in [0.25, 0.3) is 0 Å². The van der Waals surface area contributed by atoms with Gasteiger partial charge in [-0.2, -0.15) is 0 Å². The summed E-state index contributed by atoms with van der Waals surface area (Å²) >= 11 is 0. The van der Waals surface area contributed by atoms with E-state index in [4.69, 9.17) is 10.3 Å². The molecule has 0 saturated carbocycles. The van der Waals surface area contributed by atoms with E-state index in [0.717, 1.165) is 23.4 Å². The molecule has 1 aromatic rings. The van der Waals surface area contributed by atoms with E-state index in [-0.39, 0.29) is 6.04 Å². The fraction of sp³-hybridized carbons (Fsp3) is 0.600. The summed E-state index contributed by atoms with van der Waals surface area (Å²) in [6, 6.07) is 0.0289. The highest BCUT2D eigenvalue weighted by molar-refractivity contribution is 5.80. The first-order valence-electron chi connectivity index (χ1n) is 4.81. The second-order valence-corrected chi connectivity index (χ2v) is 3.39. The summed E-state index contributed by atoms with van der Waals surface area (Å²) in [5.74, 6) is 1.49. The lowest BCUT2D eigenvalue weighted by Crippen LogP contribution is -2.11. The number of aromatic nitrogens is 1. The lowest BCUT2D eigenvalue weighted by molar-refractivity contribution is 0.391. The summed E-state index contributed by atoms with van der Waals surface area (Å²) in [4.78, 5) is 4.35. The topological polar surface area (TPSA) is 64.4 Å². The summed E-state index contributed by atoms with van der Waals surface area (Å²) in [5.41, 5.74) is 7.61. The fourth-order valence-corrected chi connectivity index (χ4v) is 1.49. The van der Waals surface area contributed by atoms with Crippen LogP contribution in [-0.2, 0) is 0 Å². The Morgan fingerprint density at radius 3 is 2.64 bits per heavy atom. The van der Waals surface area contributed by atoms with Crippen LogP contribution in [0, 0.1) is 13.8 Å². The normalized spacial score (nSPS) is 14.4. The molecule has 1 unspecified atom stereocenters. The molecule has 78 valence electrons. The minimum absolute atomic E-state index is 0.0289. The van der Waals surface area contributed by atoms with Crippen molar-refractivity contribution in [1.29, 1.82) is 0 Å². The van der Waals surface area contributed by atoms with E-state index in [1.54, 1.807) is 0 Å². The molecule has 0 fully saturated rings. The molecule has 2 N–H and O–H groups in total. The van der Waals surface area contributed by atoms with Gasteiger partial charge in [-0.25, -0.2) is 0 Å². The van der Waals surface area contributed by atoms with Gasteiger partial charge in [-0.1, -0.05) is 12.1 Å². The van der Waals surface area contributed by atoms with Crippen LogP contribution in [0.1, 0.15) is 43.3 Å². The van der Waals surface area contributed by atoms with Crippen LogP contribution in [0.15, 0.2) is 9.52 Å². The number of aliphatic imine (C=N–C) groups is 1. The van der Waals surface area contributed by atoms with Gasteiger partial charge in [-0.05, 0) is 20.8 Å². The Morgan fingerprint density at radius 1 is 1.57 bits per heavy atom. The summed E-state index contributed by atoms with van der Waals surface area (Å²) in [5, 5.41) is 3.89. The van der Waals surface area contributed by atoms with Gasteiger partial charge in [0.15, 0.2) is 0 Å². The molecular weight excluding hydrogens is 178 g/mol. The molecule has 1 rings (SSSR count). The average molecular weight is 195 g/mol. The van der Waals surface area contributed by atoms with Crippen LogP contribution in [0.4, 0.5) is 0 Å². The molecule has 0 aliphatic carbocycles. The Morgan fingerprint density at radius 2 is 2.21 bits per heavy atom. The molecule has 0 aliphatic rings. The molecule has 1 atom stereocenters. The zero-order valence-electron chi connectivity index (χ0n) is 9.16. The Kier molecular flexibility index (Phi) is 3.28. The molecule has 0 amide bonds. The Hall–Kier alpha value is -1.32. The molecule has 1 aromatic heterocycles. The van der Waals surface area contributed by atoms with E-state index in [1.807, 2.05) is 27.7 Å². The van der Waals surface area contributed by atoms with Gasteiger partial charge < -0.3 is 10.3 Å². The fourth-order valence-electron chi connectivity index (χ4n) is 1.49. The van der Waals surface area contributed by atoms with Gasteiger partial charge in [-0.3, -0.25) is 4.99 Å². The smallest absolute Gasteiger partial charge is 0.139 e. The zero-order valence-corrected chi connectivity index (χ0v) is 9.16. The van der Waals surface area contributed by atoms with Gasteiger partial charge in [0.25, 0.3) is 0 Å². The van der Waals surface area contributed by atoms with Gasteiger partial charge in [0.2, 0.25) is 0 Å². The van der Waals surface area contributed by atoms with E-state index in [1.165, 1.54) is 0 Å². The molecule has 14 heavy (non-hydrogen) atoms. The van der Waals surface area contributed by atoms with Crippen molar-refractivity contribution in [1.82, 2.24) is 5.16 Å².